The van der Waals surface area contributed by atoms with Crippen LogP contribution in [-0.4, -0.2) is 41.5 Å². The average Bonchev–Trinajstić information content (AvgIpc) is 2.85. The van der Waals surface area contributed by atoms with E-state index in [4.69, 9.17) is 9.47 Å². The number of aromatic nitrogens is 2. The zero-order chi connectivity index (χ0) is 22.2. The first kappa shape index (κ1) is 21.9. The maximum absolute atomic E-state index is 12.4. The molecule has 3 aromatic rings. The van der Waals surface area contributed by atoms with Gasteiger partial charge in [-0.3, -0.25) is 4.79 Å². The van der Waals surface area contributed by atoms with Gasteiger partial charge < -0.3 is 20.1 Å². The maximum Gasteiger partial charge on any atom is 0.276 e. The second-order valence-corrected chi connectivity index (χ2v) is 7.84. The van der Waals surface area contributed by atoms with Crippen molar-refractivity contribution in [2.75, 3.05) is 23.8 Å². The Morgan fingerprint density at radius 2 is 1.66 bits per heavy atom. The number of para-hydroxylation sites is 1. The fourth-order valence-corrected chi connectivity index (χ4v) is 3.70. The molecule has 1 amide bonds. The molecule has 1 fully saturated rings. The smallest absolute Gasteiger partial charge is 0.276 e. The number of carbonyl (C=O) groups is 1. The summed E-state index contributed by atoms with van der Waals surface area (Å²) in [5.74, 6) is 0.290. The van der Waals surface area contributed by atoms with E-state index in [0.717, 1.165) is 31.6 Å². The number of rotatable bonds is 8. The number of carbonyl (C=O) groups excluding carboxylic acids is 1. The van der Waals surface area contributed by atoms with Crippen molar-refractivity contribution in [3.05, 3.63) is 84.1 Å². The van der Waals surface area contributed by atoms with E-state index in [1.54, 1.807) is 12.1 Å². The molecule has 166 valence electrons. The first-order valence-corrected chi connectivity index (χ1v) is 10.9. The Morgan fingerprint density at radius 1 is 0.969 bits per heavy atom. The summed E-state index contributed by atoms with van der Waals surface area (Å²) in [5.41, 5.74) is 2.07. The molecule has 1 aliphatic heterocycles. The highest BCUT2D eigenvalue weighted by atomic mass is 16.5. The molecule has 1 saturated heterocycles. The van der Waals surface area contributed by atoms with E-state index in [1.807, 2.05) is 48.5 Å². The van der Waals surface area contributed by atoms with E-state index in [9.17, 15) is 4.79 Å². The average molecular weight is 433 g/mol. The van der Waals surface area contributed by atoms with Crippen molar-refractivity contribution in [1.29, 1.82) is 0 Å². The highest BCUT2D eigenvalue weighted by Crippen LogP contribution is 2.28. The summed E-state index contributed by atoms with van der Waals surface area (Å²) in [6, 6.07) is 22.8. The molecule has 0 radical (unpaired) electrons. The van der Waals surface area contributed by atoms with Gasteiger partial charge in [-0.05, 0) is 49.6 Å². The van der Waals surface area contributed by atoms with Crippen molar-refractivity contribution in [3.8, 4) is 0 Å². The zero-order valence-corrected chi connectivity index (χ0v) is 18.1. The summed E-state index contributed by atoms with van der Waals surface area (Å²) in [4.78, 5) is 12.4. The standard InChI is InChI=1S/C25H28N4O3/c1-18(24(19-8-4-2-5-9-19)32-21-14-16-31-17-15-21)26-23-13-12-22(28-29-23)25(30)27-20-10-6-3-7-11-20/h2-13,18,21,24H,14-17H2,1H3,(H,26,29)(H,27,30). The van der Waals surface area contributed by atoms with Crippen LogP contribution in [0.4, 0.5) is 11.5 Å². The van der Waals surface area contributed by atoms with Crippen molar-refractivity contribution in [2.24, 2.45) is 0 Å². The third-order valence-corrected chi connectivity index (χ3v) is 5.39. The van der Waals surface area contributed by atoms with E-state index in [1.165, 1.54) is 0 Å². The molecule has 7 nitrogen and oxygen atoms in total. The van der Waals surface area contributed by atoms with Crippen LogP contribution in [0.25, 0.3) is 0 Å². The van der Waals surface area contributed by atoms with Crippen LogP contribution in [0.2, 0.25) is 0 Å². The van der Waals surface area contributed by atoms with Gasteiger partial charge in [-0.1, -0.05) is 48.5 Å². The summed E-state index contributed by atoms with van der Waals surface area (Å²) >= 11 is 0. The highest BCUT2D eigenvalue weighted by molar-refractivity contribution is 6.02. The SMILES string of the molecule is CC(Nc1ccc(C(=O)Nc2ccccc2)nn1)C(OC1CCOCC1)c1ccccc1. The number of benzene rings is 2. The third-order valence-electron chi connectivity index (χ3n) is 5.39. The Balaban J connectivity index is 1.42. The molecule has 1 aromatic heterocycles. The number of hydrogen-bond acceptors (Lipinski definition) is 6. The molecule has 2 atom stereocenters. The van der Waals surface area contributed by atoms with E-state index >= 15 is 0 Å². The van der Waals surface area contributed by atoms with Crippen LogP contribution in [0.5, 0.6) is 0 Å². The van der Waals surface area contributed by atoms with Crippen molar-refractivity contribution in [3.63, 3.8) is 0 Å². The van der Waals surface area contributed by atoms with Gasteiger partial charge in [0.25, 0.3) is 5.91 Å². The Labute approximate surface area is 188 Å². The molecular weight excluding hydrogens is 404 g/mol. The lowest BCUT2D eigenvalue weighted by Gasteiger charge is -2.32. The van der Waals surface area contributed by atoms with E-state index < -0.39 is 0 Å². The molecule has 0 saturated carbocycles. The van der Waals surface area contributed by atoms with Crippen LogP contribution < -0.4 is 10.6 Å². The molecule has 0 spiro atoms. The molecule has 2 heterocycles. The van der Waals surface area contributed by atoms with Crippen molar-refractivity contribution in [1.82, 2.24) is 10.2 Å². The predicted octanol–water partition coefficient (Wildman–Crippen LogP) is 4.47. The van der Waals surface area contributed by atoms with Crippen LogP contribution in [0.3, 0.4) is 0 Å². The topological polar surface area (TPSA) is 85.4 Å². The Morgan fingerprint density at radius 3 is 2.31 bits per heavy atom. The van der Waals surface area contributed by atoms with E-state index in [0.29, 0.717) is 11.5 Å². The van der Waals surface area contributed by atoms with Crippen molar-refractivity contribution in [2.45, 2.75) is 38.0 Å². The lowest BCUT2D eigenvalue weighted by atomic mass is 10.0. The van der Waals surface area contributed by atoms with Crippen LogP contribution >= 0.6 is 0 Å². The van der Waals surface area contributed by atoms with Gasteiger partial charge in [0, 0.05) is 18.9 Å². The highest BCUT2D eigenvalue weighted by Gasteiger charge is 2.26. The molecule has 32 heavy (non-hydrogen) atoms. The Hall–Kier alpha value is -3.29. The maximum atomic E-state index is 12.4. The van der Waals surface area contributed by atoms with Crippen LogP contribution in [0.1, 0.15) is 41.9 Å². The number of anilines is 2. The normalized spacial score (nSPS) is 16.2. The molecule has 2 unspecified atom stereocenters. The third kappa shape index (κ3) is 5.90. The second kappa shape index (κ2) is 10.8. The number of nitrogens with one attached hydrogen (secondary N) is 2. The summed E-state index contributed by atoms with van der Waals surface area (Å²) in [6.45, 7) is 3.52. The fourth-order valence-electron chi connectivity index (χ4n) is 3.70. The largest absolute Gasteiger partial charge is 0.381 e. The molecule has 2 N–H and O–H groups in total. The van der Waals surface area contributed by atoms with Gasteiger partial charge in [-0.25, -0.2) is 0 Å². The van der Waals surface area contributed by atoms with Gasteiger partial charge in [0.15, 0.2) is 5.69 Å². The number of ether oxygens (including phenoxy) is 2. The van der Waals surface area contributed by atoms with Crippen molar-refractivity contribution >= 4 is 17.4 Å². The minimum atomic E-state index is -0.298. The van der Waals surface area contributed by atoms with Crippen LogP contribution in [0.15, 0.2) is 72.8 Å². The second-order valence-electron chi connectivity index (χ2n) is 7.84. The summed E-state index contributed by atoms with van der Waals surface area (Å²) in [7, 11) is 0. The minimum Gasteiger partial charge on any atom is -0.381 e. The van der Waals surface area contributed by atoms with Crippen LogP contribution in [0, 0.1) is 0 Å². The number of hydrogen-bond donors (Lipinski definition) is 2. The quantitative estimate of drug-likeness (QED) is 0.546. The van der Waals surface area contributed by atoms with E-state index in [-0.39, 0.29) is 29.9 Å². The van der Waals surface area contributed by atoms with Gasteiger partial charge in [0.2, 0.25) is 0 Å². The number of nitrogens with zero attached hydrogens (tertiary/aromatic N) is 2. The van der Waals surface area contributed by atoms with Gasteiger partial charge in [-0.15, -0.1) is 10.2 Å². The first-order chi connectivity index (χ1) is 15.7. The lowest BCUT2D eigenvalue weighted by molar-refractivity contribution is -0.0739. The van der Waals surface area contributed by atoms with Crippen molar-refractivity contribution < 1.29 is 14.3 Å². The summed E-state index contributed by atoms with van der Waals surface area (Å²) in [6.07, 6.45) is 1.79. The summed E-state index contributed by atoms with van der Waals surface area (Å²) < 4.78 is 11.9. The Bertz CT molecular complexity index is 977. The fraction of sp³-hybridized carbons (Fsp3) is 0.320. The van der Waals surface area contributed by atoms with Gasteiger partial charge in [0.1, 0.15) is 11.9 Å². The Kier molecular flexibility index (Phi) is 7.42. The first-order valence-electron chi connectivity index (χ1n) is 10.9. The lowest BCUT2D eigenvalue weighted by Crippen LogP contribution is -2.33. The molecular formula is C25H28N4O3. The van der Waals surface area contributed by atoms with Gasteiger partial charge >= 0.3 is 0 Å². The number of amides is 1. The molecule has 7 heteroatoms. The van der Waals surface area contributed by atoms with Gasteiger partial charge in [-0.2, -0.15) is 0 Å². The molecule has 1 aliphatic rings. The molecule has 0 aliphatic carbocycles. The van der Waals surface area contributed by atoms with Crippen LogP contribution in [-0.2, 0) is 9.47 Å². The monoisotopic (exact) mass is 432 g/mol. The molecule has 0 bridgehead atoms. The molecule has 4 rings (SSSR count). The minimum absolute atomic E-state index is 0.0569. The van der Waals surface area contributed by atoms with Gasteiger partial charge in [0.05, 0.1) is 12.1 Å². The predicted molar refractivity (Wildman–Crippen MR) is 124 cm³/mol. The molecule has 2 aromatic carbocycles. The van der Waals surface area contributed by atoms with E-state index in [2.05, 4.69) is 39.9 Å². The summed E-state index contributed by atoms with van der Waals surface area (Å²) in [5, 5.41) is 14.5. The zero-order valence-electron chi connectivity index (χ0n) is 18.1.